The smallest absolute Gasteiger partial charge is 0.377 e. The molecule has 0 amide bonds. The van der Waals surface area contributed by atoms with E-state index >= 15 is 0 Å². The van der Waals surface area contributed by atoms with E-state index in [0.717, 1.165) is 30.7 Å². The van der Waals surface area contributed by atoms with Crippen LogP contribution in [0.1, 0.15) is 12.8 Å². The number of alkyl halides is 1. The van der Waals surface area contributed by atoms with Crippen LogP contribution in [-0.4, -0.2) is 71.9 Å². The second-order valence-corrected chi connectivity index (χ2v) is 11.2. The molecule has 136 valence electrons. The predicted molar refractivity (Wildman–Crippen MR) is 97.0 cm³/mol. The summed E-state index contributed by atoms with van der Waals surface area (Å²) < 4.78 is 31.1. The molecular formula is C12H31ClO6SSi2. The van der Waals surface area contributed by atoms with Crippen LogP contribution in [0.5, 0.6) is 0 Å². The predicted octanol–water partition coefficient (Wildman–Crippen LogP) is 2.68. The molecule has 0 aliphatic heterocycles. The number of hydrogen-bond acceptors (Lipinski definition) is 7. The molecule has 0 aromatic heterocycles. The number of rotatable bonds is 12. The van der Waals surface area contributed by atoms with Gasteiger partial charge in [-0.05, 0) is 18.6 Å². The summed E-state index contributed by atoms with van der Waals surface area (Å²) in [6.45, 7) is 0. The third-order valence-electron chi connectivity index (χ3n) is 3.12. The van der Waals surface area contributed by atoms with Crippen molar-refractivity contribution in [1.29, 1.82) is 0 Å². The molecule has 10 heteroatoms. The summed E-state index contributed by atoms with van der Waals surface area (Å²) in [5, 5.41) is 0. The Morgan fingerprint density at radius 1 is 0.682 bits per heavy atom. The first-order chi connectivity index (χ1) is 10.5. The summed E-state index contributed by atoms with van der Waals surface area (Å²) in [6.07, 6.45) is 1.83. The topological polar surface area (TPSA) is 55.4 Å². The molecule has 0 aliphatic carbocycles. The van der Waals surface area contributed by atoms with Crippen molar-refractivity contribution in [1.82, 2.24) is 0 Å². The van der Waals surface area contributed by atoms with Gasteiger partial charge >= 0.3 is 17.6 Å². The number of halogens is 1. The molecule has 0 aromatic carbocycles. The fraction of sp³-hybridized carbons (Fsp3) is 1.00. The molecule has 0 bridgehead atoms. The van der Waals surface area contributed by atoms with E-state index in [4.69, 9.17) is 38.2 Å². The zero-order chi connectivity index (χ0) is 17.5. The molecule has 0 spiro atoms. The van der Waals surface area contributed by atoms with E-state index < -0.39 is 17.6 Å². The van der Waals surface area contributed by atoms with Crippen LogP contribution in [0.25, 0.3) is 0 Å². The minimum atomic E-state index is -2.32. The van der Waals surface area contributed by atoms with Gasteiger partial charge in [-0.15, -0.1) is 11.6 Å². The van der Waals surface area contributed by atoms with E-state index in [2.05, 4.69) is 12.6 Å². The molecule has 0 saturated carbocycles. The van der Waals surface area contributed by atoms with Crippen molar-refractivity contribution in [2.24, 2.45) is 0 Å². The van der Waals surface area contributed by atoms with Gasteiger partial charge in [-0.25, -0.2) is 0 Å². The Balaban J connectivity index is 0. The molecule has 0 rings (SSSR count). The molecule has 0 unspecified atom stereocenters. The van der Waals surface area contributed by atoms with Crippen LogP contribution in [0.15, 0.2) is 0 Å². The van der Waals surface area contributed by atoms with E-state index in [0.29, 0.717) is 5.88 Å². The Kier molecular flexibility index (Phi) is 17.5. The monoisotopic (exact) mass is 394 g/mol. The molecule has 0 radical (unpaired) electrons. The third-order valence-corrected chi connectivity index (χ3v) is 9.37. The van der Waals surface area contributed by atoms with Crippen LogP contribution in [0.4, 0.5) is 0 Å². The first kappa shape index (κ1) is 25.1. The van der Waals surface area contributed by atoms with Gasteiger partial charge in [-0.3, -0.25) is 0 Å². The van der Waals surface area contributed by atoms with Gasteiger partial charge in [0, 0.05) is 60.6 Å². The highest BCUT2D eigenvalue weighted by Crippen LogP contribution is 2.15. The summed E-state index contributed by atoms with van der Waals surface area (Å²) in [6, 6.07) is 1.61. The zero-order valence-corrected chi connectivity index (χ0v) is 18.2. The molecule has 0 atom stereocenters. The summed E-state index contributed by atoms with van der Waals surface area (Å²) in [7, 11) is 5.07. The van der Waals surface area contributed by atoms with Gasteiger partial charge in [0.15, 0.2) is 0 Å². The fourth-order valence-corrected chi connectivity index (χ4v) is 5.95. The number of hydrogen-bond donors (Lipinski definition) is 1. The molecule has 0 fully saturated rings. The highest BCUT2D eigenvalue weighted by atomic mass is 35.5. The van der Waals surface area contributed by atoms with Crippen LogP contribution in [0, 0.1) is 0 Å². The Labute approximate surface area is 147 Å². The van der Waals surface area contributed by atoms with E-state index in [9.17, 15) is 0 Å². The van der Waals surface area contributed by atoms with Gasteiger partial charge in [-0.2, -0.15) is 12.6 Å². The second-order valence-electron chi connectivity index (χ2n) is 4.21. The van der Waals surface area contributed by atoms with Gasteiger partial charge in [0.05, 0.1) is 0 Å². The van der Waals surface area contributed by atoms with Crippen LogP contribution >= 0.6 is 24.2 Å². The van der Waals surface area contributed by atoms with Crippen molar-refractivity contribution in [2.75, 3.05) is 54.3 Å². The lowest BCUT2D eigenvalue weighted by molar-refractivity contribution is 0.123. The second kappa shape index (κ2) is 15.4. The lowest BCUT2D eigenvalue weighted by Gasteiger charge is -2.23. The zero-order valence-electron chi connectivity index (χ0n) is 14.5. The Hall–Kier alpha value is 0.834. The molecule has 0 N–H and O–H groups in total. The Morgan fingerprint density at radius 2 is 1.00 bits per heavy atom. The van der Waals surface area contributed by atoms with Crippen molar-refractivity contribution < 1.29 is 26.6 Å². The molecule has 22 heavy (non-hydrogen) atoms. The average molecular weight is 395 g/mol. The number of thiol groups is 1. The van der Waals surface area contributed by atoms with Gasteiger partial charge in [0.1, 0.15) is 0 Å². The first-order valence-electron chi connectivity index (χ1n) is 6.96. The van der Waals surface area contributed by atoms with Gasteiger partial charge < -0.3 is 26.6 Å². The third kappa shape index (κ3) is 9.86. The Morgan fingerprint density at radius 3 is 1.23 bits per heavy atom. The van der Waals surface area contributed by atoms with E-state index in [1.165, 1.54) is 0 Å². The molecular weight excluding hydrogens is 364 g/mol. The van der Waals surface area contributed by atoms with Crippen molar-refractivity contribution in [2.45, 2.75) is 24.9 Å². The molecule has 0 aliphatic rings. The maximum Gasteiger partial charge on any atom is 0.500 e. The lowest BCUT2D eigenvalue weighted by atomic mass is 10.6. The highest BCUT2D eigenvalue weighted by Gasteiger charge is 2.37. The van der Waals surface area contributed by atoms with Crippen LogP contribution in [-0.2, 0) is 26.6 Å². The standard InChI is InChI=1S/C6H15ClO3Si.C6H16O3SSi/c1-8-11(9-2,10-3)6-4-5-7;1-7-11(8-2,9-3)6-4-5-10/h4-6H2,1-3H3;10H,4-6H2,1-3H3. The summed E-state index contributed by atoms with van der Waals surface area (Å²) in [5.41, 5.74) is 0. The van der Waals surface area contributed by atoms with Gasteiger partial charge in [0.2, 0.25) is 0 Å². The first-order valence-corrected chi connectivity index (χ1v) is 12.0. The lowest BCUT2D eigenvalue weighted by Crippen LogP contribution is -2.42. The normalized spacial score (nSPS) is 12.0. The summed E-state index contributed by atoms with van der Waals surface area (Å²) in [5.74, 6) is 1.45. The van der Waals surface area contributed by atoms with Crippen LogP contribution < -0.4 is 0 Å². The largest absolute Gasteiger partial charge is 0.500 e. The van der Waals surface area contributed by atoms with Crippen LogP contribution in [0.2, 0.25) is 12.1 Å². The molecule has 0 saturated heterocycles. The van der Waals surface area contributed by atoms with Gasteiger partial charge in [-0.1, -0.05) is 0 Å². The Bertz CT molecular complexity index is 205. The van der Waals surface area contributed by atoms with Crippen LogP contribution in [0.3, 0.4) is 0 Å². The summed E-state index contributed by atoms with van der Waals surface area (Å²) >= 11 is 9.64. The molecule has 0 aromatic rings. The quantitative estimate of drug-likeness (QED) is 0.312. The van der Waals surface area contributed by atoms with Crippen molar-refractivity contribution in [3.8, 4) is 0 Å². The molecule has 6 nitrogen and oxygen atoms in total. The maximum atomic E-state index is 5.53. The minimum Gasteiger partial charge on any atom is -0.377 e. The van der Waals surface area contributed by atoms with Crippen molar-refractivity contribution >= 4 is 41.8 Å². The average Bonchev–Trinajstić information content (AvgIpc) is 2.59. The van der Waals surface area contributed by atoms with Crippen molar-refractivity contribution in [3.05, 3.63) is 0 Å². The minimum absolute atomic E-state index is 0.616. The maximum absolute atomic E-state index is 5.53. The molecule has 0 heterocycles. The van der Waals surface area contributed by atoms with E-state index in [1.807, 2.05) is 0 Å². The van der Waals surface area contributed by atoms with Gasteiger partial charge in [0.25, 0.3) is 0 Å². The SMILES string of the molecule is CO[Si](CCCCl)(OC)OC.CO[Si](CCCS)(OC)OC. The van der Waals surface area contributed by atoms with E-state index in [-0.39, 0.29) is 0 Å². The summed E-state index contributed by atoms with van der Waals surface area (Å²) in [4.78, 5) is 0. The fourth-order valence-electron chi connectivity index (χ4n) is 1.69. The highest BCUT2D eigenvalue weighted by molar-refractivity contribution is 7.80. The van der Waals surface area contributed by atoms with E-state index in [1.54, 1.807) is 42.7 Å². The van der Waals surface area contributed by atoms with Crippen molar-refractivity contribution in [3.63, 3.8) is 0 Å².